The summed E-state index contributed by atoms with van der Waals surface area (Å²) in [5, 5.41) is 13.8. The van der Waals surface area contributed by atoms with Gasteiger partial charge in [0.1, 0.15) is 6.04 Å². The van der Waals surface area contributed by atoms with Crippen LogP contribution < -0.4 is 5.32 Å². The Balaban J connectivity index is 1.56. The molecule has 3 aliphatic heterocycles. The first kappa shape index (κ1) is 26.1. The van der Waals surface area contributed by atoms with Crippen molar-refractivity contribution in [2.24, 2.45) is 11.8 Å². The number of ether oxygens (including phenoxy) is 1. The van der Waals surface area contributed by atoms with E-state index in [1.807, 2.05) is 49.4 Å². The first-order chi connectivity index (χ1) is 17.8. The standard InChI is InChI=1S/C28H31ClN2O5S/c1-3-36-27(35)21-20-12-13-28(37-20)22(21)26(34)31(18(15-32)14-17-9-5-4-6-10-17)24(28)25(33)30-23-16(2)8-7-11-19(23)29/h4-11,18,20-22,24,32H,3,12-15H2,1-2H3,(H,30,33)/t18-,20-,21+,22+,24?,28?/m1/s1. The summed E-state index contributed by atoms with van der Waals surface area (Å²) in [7, 11) is 0. The van der Waals surface area contributed by atoms with Gasteiger partial charge >= 0.3 is 5.97 Å². The predicted molar refractivity (Wildman–Crippen MR) is 143 cm³/mol. The third-order valence-corrected chi connectivity index (χ3v) is 10.2. The maximum absolute atomic E-state index is 14.2. The second-order valence-electron chi connectivity index (χ2n) is 10.0. The molecule has 7 nitrogen and oxygen atoms in total. The number of rotatable bonds is 8. The largest absolute Gasteiger partial charge is 0.466 e. The molecule has 0 radical (unpaired) electrons. The SMILES string of the molecule is CCOC(=O)[C@@H]1[C@H]2C(=O)N([C@@H](CO)Cc3ccccc3)C(C(=O)Nc3c(C)cccc3Cl)C23CC[C@H]1S3. The molecule has 3 saturated heterocycles. The Kier molecular flexibility index (Phi) is 7.27. The highest BCUT2D eigenvalue weighted by Crippen LogP contribution is 2.66. The number of nitrogens with one attached hydrogen (secondary N) is 1. The quantitative estimate of drug-likeness (QED) is 0.492. The molecule has 2 N–H and O–H groups in total. The highest BCUT2D eigenvalue weighted by molar-refractivity contribution is 8.02. The van der Waals surface area contributed by atoms with Gasteiger partial charge < -0.3 is 20.1 Å². The Morgan fingerprint density at radius 2 is 2.00 bits per heavy atom. The molecule has 2 bridgehead atoms. The number of hydrogen-bond donors (Lipinski definition) is 2. The maximum Gasteiger partial charge on any atom is 0.310 e. The number of carbonyl (C=O) groups is 3. The second kappa shape index (κ2) is 10.3. The molecule has 0 aromatic heterocycles. The number of anilines is 1. The van der Waals surface area contributed by atoms with Crippen LogP contribution in [0.5, 0.6) is 0 Å². The number of nitrogens with zero attached hydrogens (tertiary/aromatic N) is 1. The molecule has 0 aliphatic carbocycles. The Labute approximate surface area is 225 Å². The Hall–Kier alpha value is -2.55. The number of amides is 2. The molecule has 3 fully saturated rings. The van der Waals surface area contributed by atoms with Crippen molar-refractivity contribution in [2.75, 3.05) is 18.5 Å². The minimum Gasteiger partial charge on any atom is -0.466 e. The summed E-state index contributed by atoms with van der Waals surface area (Å²) in [6, 6.07) is 13.5. The number of fused-ring (bicyclic) bond motifs is 1. The van der Waals surface area contributed by atoms with Crippen LogP contribution in [-0.4, -0.2) is 63.1 Å². The lowest BCUT2D eigenvalue weighted by molar-refractivity contribution is -0.154. The van der Waals surface area contributed by atoms with Crippen LogP contribution in [0.4, 0.5) is 5.69 Å². The first-order valence-corrected chi connectivity index (χ1v) is 14.0. The monoisotopic (exact) mass is 542 g/mol. The molecule has 2 unspecified atom stereocenters. The van der Waals surface area contributed by atoms with Crippen LogP contribution in [0.15, 0.2) is 48.5 Å². The van der Waals surface area contributed by atoms with Crippen molar-refractivity contribution < 1.29 is 24.2 Å². The van der Waals surface area contributed by atoms with Gasteiger partial charge in [0.25, 0.3) is 0 Å². The number of aliphatic hydroxyl groups excluding tert-OH is 1. The highest BCUT2D eigenvalue weighted by atomic mass is 35.5. The Bertz CT molecular complexity index is 1190. The molecule has 6 atom stereocenters. The van der Waals surface area contributed by atoms with Gasteiger partial charge in [-0.2, -0.15) is 0 Å². The van der Waals surface area contributed by atoms with E-state index in [0.29, 0.717) is 23.6 Å². The molecule has 2 amide bonds. The number of hydrogen-bond acceptors (Lipinski definition) is 6. The maximum atomic E-state index is 14.2. The van der Waals surface area contributed by atoms with Crippen molar-refractivity contribution >= 4 is 46.8 Å². The minimum absolute atomic E-state index is 0.0748. The number of esters is 1. The lowest BCUT2D eigenvalue weighted by Crippen LogP contribution is -2.55. The van der Waals surface area contributed by atoms with E-state index in [9.17, 15) is 19.5 Å². The summed E-state index contributed by atoms with van der Waals surface area (Å²) in [5.74, 6) is -2.28. The molecule has 9 heteroatoms. The molecule has 3 heterocycles. The third kappa shape index (κ3) is 4.33. The summed E-state index contributed by atoms with van der Waals surface area (Å²) in [6.07, 6.45) is 1.75. The van der Waals surface area contributed by atoms with E-state index in [2.05, 4.69) is 5.32 Å². The van der Waals surface area contributed by atoms with E-state index < -0.39 is 28.7 Å². The molecular weight excluding hydrogens is 512 g/mol. The van der Waals surface area contributed by atoms with Gasteiger partial charge in [-0.25, -0.2) is 0 Å². The summed E-state index contributed by atoms with van der Waals surface area (Å²) in [6.45, 7) is 3.53. The second-order valence-corrected chi connectivity index (χ2v) is 12.0. The molecule has 196 valence electrons. The van der Waals surface area contributed by atoms with Gasteiger partial charge in [0.2, 0.25) is 11.8 Å². The van der Waals surface area contributed by atoms with Crippen molar-refractivity contribution in [2.45, 2.75) is 55.2 Å². The zero-order valence-corrected chi connectivity index (χ0v) is 22.4. The van der Waals surface area contributed by atoms with E-state index in [-0.39, 0.29) is 36.2 Å². The molecular formula is C28H31ClN2O5S. The zero-order chi connectivity index (χ0) is 26.3. The summed E-state index contributed by atoms with van der Waals surface area (Å²) in [5.41, 5.74) is 2.26. The molecule has 5 rings (SSSR count). The van der Waals surface area contributed by atoms with Crippen LogP contribution in [0.2, 0.25) is 5.02 Å². The fourth-order valence-electron chi connectivity index (χ4n) is 6.41. The lowest BCUT2D eigenvalue weighted by atomic mass is 9.71. The van der Waals surface area contributed by atoms with Crippen LogP contribution in [0, 0.1) is 18.8 Å². The summed E-state index contributed by atoms with van der Waals surface area (Å²) < 4.78 is 4.61. The molecule has 1 spiro atoms. The average molecular weight is 543 g/mol. The third-order valence-electron chi connectivity index (χ3n) is 7.93. The molecule has 3 aliphatic rings. The number of carbonyl (C=O) groups excluding carboxylic acids is 3. The van der Waals surface area contributed by atoms with E-state index in [4.69, 9.17) is 16.3 Å². The number of aliphatic hydroxyl groups is 1. The van der Waals surface area contributed by atoms with Gasteiger partial charge in [0.15, 0.2) is 0 Å². The van der Waals surface area contributed by atoms with Gasteiger partial charge in [-0.3, -0.25) is 14.4 Å². The van der Waals surface area contributed by atoms with E-state index in [1.54, 1.807) is 29.7 Å². The molecule has 2 aromatic rings. The lowest BCUT2D eigenvalue weighted by Gasteiger charge is -2.37. The minimum atomic E-state index is -0.865. The highest BCUT2D eigenvalue weighted by Gasteiger charge is 2.74. The molecule has 0 saturated carbocycles. The number of aryl methyl sites for hydroxylation is 1. The van der Waals surface area contributed by atoms with Crippen molar-refractivity contribution in [3.63, 3.8) is 0 Å². The van der Waals surface area contributed by atoms with Crippen LogP contribution in [0.3, 0.4) is 0 Å². The smallest absolute Gasteiger partial charge is 0.310 e. The van der Waals surface area contributed by atoms with E-state index >= 15 is 0 Å². The predicted octanol–water partition coefficient (Wildman–Crippen LogP) is 3.84. The van der Waals surface area contributed by atoms with Gasteiger partial charge in [-0.1, -0.05) is 54.1 Å². The number of para-hydroxylation sites is 1. The van der Waals surface area contributed by atoms with Crippen molar-refractivity contribution in [3.8, 4) is 0 Å². The number of likely N-dealkylation sites (tertiary alicyclic amines) is 1. The number of thioether (sulfide) groups is 1. The van der Waals surface area contributed by atoms with Crippen LogP contribution in [0.25, 0.3) is 0 Å². The van der Waals surface area contributed by atoms with Gasteiger partial charge in [-0.05, 0) is 50.3 Å². The van der Waals surface area contributed by atoms with Gasteiger partial charge in [0.05, 0.1) is 46.5 Å². The van der Waals surface area contributed by atoms with Gasteiger partial charge in [-0.15, -0.1) is 11.8 Å². The Morgan fingerprint density at radius 3 is 2.68 bits per heavy atom. The fraction of sp³-hybridized carbons (Fsp3) is 0.464. The van der Waals surface area contributed by atoms with Crippen molar-refractivity contribution in [1.82, 2.24) is 4.90 Å². The van der Waals surface area contributed by atoms with Crippen molar-refractivity contribution in [1.29, 1.82) is 0 Å². The van der Waals surface area contributed by atoms with Crippen LogP contribution in [0.1, 0.15) is 30.9 Å². The van der Waals surface area contributed by atoms with Crippen molar-refractivity contribution in [3.05, 3.63) is 64.7 Å². The zero-order valence-electron chi connectivity index (χ0n) is 20.9. The number of halogens is 1. The van der Waals surface area contributed by atoms with E-state index in [0.717, 1.165) is 17.5 Å². The average Bonchev–Trinajstić information content (AvgIpc) is 3.53. The van der Waals surface area contributed by atoms with Crippen LogP contribution in [-0.2, 0) is 25.5 Å². The first-order valence-electron chi connectivity index (χ1n) is 12.7. The summed E-state index contributed by atoms with van der Waals surface area (Å²) >= 11 is 8.00. The number of benzene rings is 2. The molecule has 37 heavy (non-hydrogen) atoms. The van der Waals surface area contributed by atoms with Gasteiger partial charge in [0, 0.05) is 5.25 Å². The van der Waals surface area contributed by atoms with Crippen LogP contribution >= 0.6 is 23.4 Å². The normalized spacial score (nSPS) is 28.8. The molecule has 2 aromatic carbocycles. The summed E-state index contributed by atoms with van der Waals surface area (Å²) in [4.78, 5) is 42.9. The fourth-order valence-corrected chi connectivity index (χ4v) is 8.87. The Morgan fingerprint density at radius 1 is 1.24 bits per heavy atom. The topological polar surface area (TPSA) is 95.9 Å². The van der Waals surface area contributed by atoms with E-state index in [1.165, 1.54) is 0 Å².